The van der Waals surface area contributed by atoms with Crippen LogP contribution in [0.2, 0.25) is 0 Å². The number of nitrogens with two attached hydrogens (primary N) is 1. The highest BCUT2D eigenvalue weighted by atomic mass is 16.5. The summed E-state index contributed by atoms with van der Waals surface area (Å²) >= 11 is 0. The van der Waals surface area contributed by atoms with Gasteiger partial charge in [0, 0.05) is 0 Å². The zero-order valence-corrected chi connectivity index (χ0v) is 12.2. The molecule has 3 aromatic rings. The lowest BCUT2D eigenvalue weighted by molar-refractivity contribution is 0.463. The number of anilines is 1. The molecule has 6 nitrogen and oxygen atoms in total. The number of nitrogen functional groups attached to an aromatic ring is 1. The molecule has 0 bridgehead atoms. The summed E-state index contributed by atoms with van der Waals surface area (Å²) in [7, 11) is 0. The van der Waals surface area contributed by atoms with E-state index in [0.29, 0.717) is 23.0 Å². The number of aryl methyl sites for hydroxylation is 1. The number of aromatic nitrogens is 4. The number of hydrogen-bond donors (Lipinski definition) is 2. The van der Waals surface area contributed by atoms with Crippen molar-refractivity contribution in [2.24, 2.45) is 0 Å². The molecule has 21 heavy (non-hydrogen) atoms. The van der Waals surface area contributed by atoms with E-state index >= 15 is 0 Å². The van der Waals surface area contributed by atoms with Crippen LogP contribution in [0.3, 0.4) is 0 Å². The van der Waals surface area contributed by atoms with Gasteiger partial charge in [-0.2, -0.15) is 9.97 Å². The van der Waals surface area contributed by atoms with Gasteiger partial charge >= 0.3 is 0 Å². The number of rotatable bonds is 3. The Morgan fingerprint density at radius 2 is 2.05 bits per heavy atom. The molecule has 2 aromatic heterocycles. The zero-order valence-electron chi connectivity index (χ0n) is 12.2. The number of imidazole rings is 1. The largest absolute Gasteiger partial charge is 0.437 e. The summed E-state index contributed by atoms with van der Waals surface area (Å²) in [6.07, 6.45) is 1.54. The van der Waals surface area contributed by atoms with Gasteiger partial charge in [-0.1, -0.05) is 26.0 Å². The molecule has 2 heterocycles. The molecule has 0 unspecified atom stereocenters. The second-order valence-electron chi connectivity index (χ2n) is 5.27. The summed E-state index contributed by atoms with van der Waals surface area (Å²) in [5.74, 6) is 1.71. The fourth-order valence-electron chi connectivity index (χ4n) is 2.09. The Bertz CT molecular complexity index is 794. The first-order valence-corrected chi connectivity index (χ1v) is 6.79. The fourth-order valence-corrected chi connectivity index (χ4v) is 2.09. The molecule has 0 saturated carbocycles. The molecule has 0 aliphatic rings. The third-order valence-electron chi connectivity index (χ3n) is 3.36. The predicted octanol–water partition coefficient (Wildman–Crippen LogP) is 3.16. The minimum Gasteiger partial charge on any atom is -0.437 e. The van der Waals surface area contributed by atoms with Crippen LogP contribution in [0, 0.1) is 6.92 Å². The fraction of sp³-hybridized carbons (Fsp3) is 0.267. The molecule has 108 valence electrons. The first-order valence-electron chi connectivity index (χ1n) is 6.79. The van der Waals surface area contributed by atoms with Gasteiger partial charge in [-0.15, -0.1) is 0 Å². The second kappa shape index (κ2) is 5.05. The highest BCUT2D eigenvalue weighted by Crippen LogP contribution is 2.30. The van der Waals surface area contributed by atoms with Crippen molar-refractivity contribution in [3.63, 3.8) is 0 Å². The number of nitrogens with one attached hydrogen (secondary N) is 1. The lowest BCUT2D eigenvalue weighted by atomic mass is 10.0. The summed E-state index contributed by atoms with van der Waals surface area (Å²) in [5, 5.41) is 0. The van der Waals surface area contributed by atoms with Gasteiger partial charge in [-0.25, -0.2) is 4.98 Å². The van der Waals surface area contributed by atoms with Crippen LogP contribution >= 0.6 is 0 Å². The van der Waals surface area contributed by atoms with Crippen LogP contribution in [0.25, 0.3) is 11.2 Å². The van der Waals surface area contributed by atoms with Gasteiger partial charge in [-0.3, -0.25) is 0 Å². The summed E-state index contributed by atoms with van der Waals surface area (Å²) in [4.78, 5) is 15.3. The Morgan fingerprint density at radius 3 is 2.81 bits per heavy atom. The molecule has 0 spiro atoms. The molecule has 0 radical (unpaired) electrons. The van der Waals surface area contributed by atoms with E-state index < -0.39 is 0 Å². The molecule has 3 N–H and O–H groups in total. The van der Waals surface area contributed by atoms with Gasteiger partial charge < -0.3 is 15.5 Å². The Morgan fingerprint density at radius 1 is 1.24 bits per heavy atom. The minimum absolute atomic E-state index is 0.141. The Hall–Kier alpha value is -2.63. The van der Waals surface area contributed by atoms with Gasteiger partial charge in [0.1, 0.15) is 11.3 Å². The van der Waals surface area contributed by atoms with Crippen LogP contribution < -0.4 is 10.5 Å². The van der Waals surface area contributed by atoms with Crippen molar-refractivity contribution in [2.75, 3.05) is 5.73 Å². The average Bonchev–Trinajstić information content (AvgIpc) is 2.89. The van der Waals surface area contributed by atoms with Gasteiger partial charge in [0.2, 0.25) is 5.95 Å². The number of nitrogens with zero attached hydrogens (tertiary/aromatic N) is 3. The van der Waals surface area contributed by atoms with E-state index in [1.165, 1.54) is 5.56 Å². The summed E-state index contributed by atoms with van der Waals surface area (Å²) < 4.78 is 5.95. The van der Waals surface area contributed by atoms with Crippen LogP contribution in [0.15, 0.2) is 24.5 Å². The van der Waals surface area contributed by atoms with Crippen molar-refractivity contribution in [2.45, 2.75) is 26.7 Å². The third kappa shape index (κ3) is 2.52. The normalized spacial score (nSPS) is 11.2. The number of aromatic amines is 1. The molecule has 0 fully saturated rings. The van der Waals surface area contributed by atoms with E-state index in [1.54, 1.807) is 6.33 Å². The van der Waals surface area contributed by atoms with E-state index in [4.69, 9.17) is 10.5 Å². The predicted molar refractivity (Wildman–Crippen MR) is 81.4 cm³/mol. The Kier molecular flexibility index (Phi) is 3.21. The SMILES string of the molecule is Cc1ccc(C(C)C)cc1Oc1nc(N)nc2nc[nH]c12. The van der Waals surface area contributed by atoms with Crippen molar-refractivity contribution in [1.82, 2.24) is 19.9 Å². The summed E-state index contributed by atoms with van der Waals surface area (Å²) in [6.45, 7) is 6.28. The molecule has 0 saturated heterocycles. The Labute approximate surface area is 122 Å². The minimum atomic E-state index is 0.141. The monoisotopic (exact) mass is 283 g/mol. The number of benzene rings is 1. The van der Waals surface area contributed by atoms with E-state index in [9.17, 15) is 0 Å². The number of fused-ring (bicyclic) bond motifs is 1. The average molecular weight is 283 g/mol. The Balaban J connectivity index is 2.06. The highest BCUT2D eigenvalue weighted by molar-refractivity contribution is 5.77. The van der Waals surface area contributed by atoms with Crippen molar-refractivity contribution in [1.29, 1.82) is 0 Å². The summed E-state index contributed by atoms with van der Waals surface area (Å²) in [6, 6.07) is 6.17. The second-order valence-corrected chi connectivity index (χ2v) is 5.27. The lowest BCUT2D eigenvalue weighted by Gasteiger charge is -2.12. The molecule has 0 amide bonds. The van der Waals surface area contributed by atoms with E-state index in [-0.39, 0.29) is 5.95 Å². The van der Waals surface area contributed by atoms with Gasteiger partial charge in [-0.05, 0) is 30.0 Å². The number of H-pyrrole nitrogens is 1. The molecule has 6 heteroatoms. The lowest BCUT2D eigenvalue weighted by Crippen LogP contribution is -1.99. The van der Waals surface area contributed by atoms with Gasteiger partial charge in [0.25, 0.3) is 5.88 Å². The number of hydrogen-bond acceptors (Lipinski definition) is 5. The maximum Gasteiger partial charge on any atom is 0.250 e. The van der Waals surface area contributed by atoms with Crippen molar-refractivity contribution < 1.29 is 4.74 Å². The zero-order chi connectivity index (χ0) is 15.0. The van der Waals surface area contributed by atoms with Crippen molar-refractivity contribution >= 4 is 17.1 Å². The number of ether oxygens (including phenoxy) is 1. The molecule has 3 rings (SSSR count). The highest BCUT2D eigenvalue weighted by Gasteiger charge is 2.13. The molecular formula is C15H17N5O. The van der Waals surface area contributed by atoms with E-state index in [1.807, 2.05) is 19.1 Å². The van der Waals surface area contributed by atoms with Crippen LogP contribution in [0.1, 0.15) is 30.9 Å². The molecule has 0 aliphatic carbocycles. The van der Waals surface area contributed by atoms with Gasteiger partial charge in [0.05, 0.1) is 6.33 Å². The van der Waals surface area contributed by atoms with Crippen LogP contribution in [-0.4, -0.2) is 19.9 Å². The molecule has 1 aromatic carbocycles. The molecular weight excluding hydrogens is 266 g/mol. The van der Waals surface area contributed by atoms with E-state index in [2.05, 4.69) is 39.8 Å². The molecule has 0 atom stereocenters. The van der Waals surface area contributed by atoms with E-state index in [0.717, 1.165) is 11.3 Å². The van der Waals surface area contributed by atoms with Crippen LogP contribution in [0.5, 0.6) is 11.6 Å². The van der Waals surface area contributed by atoms with Crippen LogP contribution in [-0.2, 0) is 0 Å². The van der Waals surface area contributed by atoms with Crippen molar-refractivity contribution in [3.05, 3.63) is 35.7 Å². The third-order valence-corrected chi connectivity index (χ3v) is 3.36. The van der Waals surface area contributed by atoms with Crippen molar-refractivity contribution in [3.8, 4) is 11.6 Å². The topological polar surface area (TPSA) is 89.7 Å². The first-order chi connectivity index (χ1) is 10.0. The van der Waals surface area contributed by atoms with Gasteiger partial charge in [0.15, 0.2) is 5.65 Å². The smallest absolute Gasteiger partial charge is 0.250 e. The van der Waals surface area contributed by atoms with Crippen LogP contribution in [0.4, 0.5) is 5.95 Å². The first kappa shape index (κ1) is 13.4. The quantitative estimate of drug-likeness (QED) is 0.770. The standard InChI is InChI=1S/C15H17N5O/c1-8(2)10-5-4-9(3)11(6-10)21-14-12-13(18-7-17-12)19-15(16)20-14/h4-8H,1-3H3,(H3,16,17,18,19,20). The maximum absolute atomic E-state index is 5.95. The maximum atomic E-state index is 5.95. The summed E-state index contributed by atoms with van der Waals surface area (Å²) in [5.41, 5.74) is 9.07. The molecule has 0 aliphatic heterocycles.